The van der Waals surface area contributed by atoms with Crippen molar-refractivity contribution in [3.63, 3.8) is 0 Å². The molecule has 27 heavy (non-hydrogen) atoms. The van der Waals surface area contributed by atoms with Crippen molar-refractivity contribution >= 4 is 29.2 Å². The second-order valence-electron chi connectivity index (χ2n) is 7.58. The summed E-state index contributed by atoms with van der Waals surface area (Å²) >= 11 is 6.04. The Morgan fingerprint density at radius 2 is 2.15 bits per heavy atom. The quantitative estimate of drug-likeness (QED) is 0.778. The summed E-state index contributed by atoms with van der Waals surface area (Å²) in [4.78, 5) is 29.5. The predicted octanol–water partition coefficient (Wildman–Crippen LogP) is 3.53. The van der Waals surface area contributed by atoms with Crippen molar-refractivity contribution in [3.8, 4) is 0 Å². The average molecular weight is 394 g/mol. The third kappa shape index (κ3) is 4.38. The zero-order valence-electron chi connectivity index (χ0n) is 16.1. The number of hydrogen-bond donors (Lipinski definition) is 1. The maximum atomic E-state index is 13.1. The van der Waals surface area contributed by atoms with Gasteiger partial charge in [-0.2, -0.15) is 0 Å². The van der Waals surface area contributed by atoms with Crippen molar-refractivity contribution in [2.24, 2.45) is 5.41 Å². The van der Waals surface area contributed by atoms with Gasteiger partial charge in [-0.15, -0.1) is 0 Å². The van der Waals surface area contributed by atoms with Crippen molar-refractivity contribution in [1.29, 1.82) is 0 Å². The van der Waals surface area contributed by atoms with Gasteiger partial charge in [0.25, 0.3) is 0 Å². The molecule has 1 spiro atoms. The molecule has 7 heteroatoms. The van der Waals surface area contributed by atoms with Gasteiger partial charge in [0.15, 0.2) is 0 Å². The van der Waals surface area contributed by atoms with E-state index in [-0.39, 0.29) is 11.9 Å². The van der Waals surface area contributed by atoms with E-state index >= 15 is 0 Å². The Labute approximate surface area is 165 Å². The molecular weight excluding hydrogens is 366 g/mol. The summed E-state index contributed by atoms with van der Waals surface area (Å²) in [5.74, 6) is 0.194. The highest BCUT2D eigenvalue weighted by Gasteiger charge is 2.49. The lowest BCUT2D eigenvalue weighted by molar-refractivity contribution is -0.145. The van der Waals surface area contributed by atoms with Gasteiger partial charge in [0.05, 0.1) is 5.41 Å². The van der Waals surface area contributed by atoms with Crippen molar-refractivity contribution in [2.45, 2.75) is 32.6 Å². The Kier molecular flexibility index (Phi) is 6.27. The van der Waals surface area contributed by atoms with Gasteiger partial charge in [-0.25, -0.2) is 4.79 Å². The maximum Gasteiger partial charge on any atom is 0.321 e. The molecule has 0 unspecified atom stereocenters. The average Bonchev–Trinajstić information content (AvgIpc) is 3.07. The molecule has 148 valence electrons. The topological polar surface area (TPSA) is 61.9 Å². The van der Waals surface area contributed by atoms with Crippen LogP contribution in [0.3, 0.4) is 0 Å². The van der Waals surface area contributed by atoms with Crippen molar-refractivity contribution < 1.29 is 14.3 Å². The van der Waals surface area contributed by atoms with Gasteiger partial charge in [-0.1, -0.05) is 17.7 Å². The summed E-state index contributed by atoms with van der Waals surface area (Å²) < 4.78 is 5.10. The number of carbonyl (C=O) groups is 2. The Morgan fingerprint density at radius 3 is 2.93 bits per heavy atom. The predicted molar refractivity (Wildman–Crippen MR) is 106 cm³/mol. The number of hydrogen-bond acceptors (Lipinski definition) is 3. The van der Waals surface area contributed by atoms with Gasteiger partial charge in [0, 0.05) is 50.6 Å². The smallest absolute Gasteiger partial charge is 0.321 e. The lowest BCUT2D eigenvalue weighted by Crippen LogP contribution is -2.51. The highest BCUT2D eigenvalue weighted by Crippen LogP contribution is 2.40. The molecule has 1 N–H and O–H groups in total. The fourth-order valence-electron chi connectivity index (χ4n) is 4.11. The normalized spacial score (nSPS) is 22.6. The fraction of sp³-hybridized carbons (Fsp3) is 0.600. The fourth-order valence-corrected chi connectivity index (χ4v) is 4.28. The van der Waals surface area contributed by atoms with E-state index in [0.29, 0.717) is 30.4 Å². The van der Waals surface area contributed by atoms with E-state index in [1.807, 2.05) is 17.9 Å². The molecule has 3 amide bonds. The molecule has 2 fully saturated rings. The third-order valence-corrected chi connectivity index (χ3v) is 5.92. The van der Waals surface area contributed by atoms with Crippen LogP contribution in [-0.4, -0.2) is 61.6 Å². The third-order valence-electron chi connectivity index (χ3n) is 5.68. The van der Waals surface area contributed by atoms with Crippen LogP contribution in [0.4, 0.5) is 10.5 Å². The summed E-state index contributed by atoms with van der Waals surface area (Å²) in [6.45, 7) is 5.20. The van der Waals surface area contributed by atoms with Gasteiger partial charge in [0.1, 0.15) is 0 Å². The zero-order chi connectivity index (χ0) is 19.4. The number of amides is 3. The number of halogens is 1. The first-order valence-electron chi connectivity index (χ1n) is 9.55. The zero-order valence-corrected chi connectivity index (χ0v) is 16.8. The summed E-state index contributed by atoms with van der Waals surface area (Å²) in [6, 6.07) is 5.27. The van der Waals surface area contributed by atoms with Crippen LogP contribution in [0.2, 0.25) is 5.02 Å². The van der Waals surface area contributed by atoms with Crippen molar-refractivity contribution in [3.05, 3.63) is 28.8 Å². The van der Waals surface area contributed by atoms with Gasteiger partial charge in [-0.05, 0) is 50.3 Å². The number of piperidine rings is 1. The molecule has 2 saturated heterocycles. The number of benzene rings is 1. The van der Waals surface area contributed by atoms with Gasteiger partial charge < -0.3 is 19.9 Å². The molecule has 0 radical (unpaired) electrons. The van der Waals surface area contributed by atoms with Crippen molar-refractivity contribution in [1.82, 2.24) is 9.80 Å². The molecule has 1 aromatic carbocycles. The lowest BCUT2D eigenvalue weighted by Gasteiger charge is -2.39. The van der Waals surface area contributed by atoms with Gasteiger partial charge in [0.2, 0.25) is 5.91 Å². The second kappa shape index (κ2) is 8.48. The standard InChI is InChI=1S/C20H28ClN3O3/c1-15-5-6-16(21)13-17(15)22-19(26)24-11-8-20(14-24)7-3-9-23(18(20)25)10-4-12-27-2/h5-6,13H,3-4,7-12,14H2,1-2H3,(H,22,26)/t20-/m1/s1. The molecule has 0 saturated carbocycles. The highest BCUT2D eigenvalue weighted by atomic mass is 35.5. The Hall–Kier alpha value is -1.79. The summed E-state index contributed by atoms with van der Waals surface area (Å²) in [5, 5.41) is 3.53. The Morgan fingerprint density at radius 1 is 1.33 bits per heavy atom. The van der Waals surface area contributed by atoms with Crippen LogP contribution >= 0.6 is 11.6 Å². The minimum atomic E-state index is -0.425. The van der Waals surface area contributed by atoms with Crippen LogP contribution in [0.25, 0.3) is 0 Å². The summed E-state index contributed by atoms with van der Waals surface area (Å²) in [5.41, 5.74) is 1.25. The van der Waals surface area contributed by atoms with E-state index in [4.69, 9.17) is 16.3 Å². The molecule has 0 bridgehead atoms. The lowest BCUT2D eigenvalue weighted by atomic mass is 9.78. The molecule has 2 aliphatic heterocycles. The minimum absolute atomic E-state index is 0.165. The van der Waals surface area contributed by atoms with Gasteiger partial charge >= 0.3 is 6.03 Å². The van der Waals surface area contributed by atoms with Crippen LogP contribution in [0.15, 0.2) is 18.2 Å². The van der Waals surface area contributed by atoms with E-state index in [0.717, 1.165) is 44.3 Å². The molecule has 3 rings (SSSR count). The number of ether oxygens (including phenoxy) is 1. The number of anilines is 1. The molecule has 1 atom stereocenters. The molecule has 1 aromatic rings. The molecular formula is C20H28ClN3O3. The van der Waals surface area contributed by atoms with Crippen LogP contribution in [-0.2, 0) is 9.53 Å². The molecule has 2 aliphatic rings. The number of methoxy groups -OCH3 is 1. The number of carbonyl (C=O) groups excluding carboxylic acids is 2. The largest absolute Gasteiger partial charge is 0.385 e. The Bertz CT molecular complexity index is 712. The first-order valence-corrected chi connectivity index (χ1v) is 9.93. The van der Waals surface area contributed by atoms with E-state index in [1.54, 1.807) is 24.1 Å². The van der Waals surface area contributed by atoms with E-state index in [1.165, 1.54) is 0 Å². The number of rotatable bonds is 5. The van der Waals surface area contributed by atoms with E-state index in [2.05, 4.69) is 5.32 Å². The molecule has 0 aromatic heterocycles. The number of nitrogens with zero attached hydrogens (tertiary/aromatic N) is 2. The summed E-state index contributed by atoms with van der Waals surface area (Å²) in [7, 11) is 1.68. The maximum absolute atomic E-state index is 13.1. The first-order chi connectivity index (χ1) is 12.9. The van der Waals surface area contributed by atoms with Gasteiger partial charge in [-0.3, -0.25) is 4.79 Å². The highest BCUT2D eigenvalue weighted by molar-refractivity contribution is 6.31. The minimum Gasteiger partial charge on any atom is -0.385 e. The molecule has 0 aliphatic carbocycles. The van der Waals surface area contributed by atoms with Crippen LogP contribution in [0.1, 0.15) is 31.2 Å². The second-order valence-corrected chi connectivity index (χ2v) is 8.02. The number of urea groups is 1. The number of aryl methyl sites for hydroxylation is 1. The van der Waals surface area contributed by atoms with E-state index < -0.39 is 5.41 Å². The number of nitrogens with one attached hydrogen (secondary N) is 1. The van der Waals surface area contributed by atoms with Crippen molar-refractivity contribution in [2.75, 3.05) is 45.2 Å². The molecule has 2 heterocycles. The van der Waals surface area contributed by atoms with E-state index in [9.17, 15) is 9.59 Å². The first kappa shape index (κ1) is 20.0. The monoisotopic (exact) mass is 393 g/mol. The van der Waals surface area contributed by atoms with Crippen LogP contribution in [0, 0.1) is 12.3 Å². The van der Waals surface area contributed by atoms with Crippen LogP contribution < -0.4 is 5.32 Å². The molecule has 6 nitrogen and oxygen atoms in total. The summed E-state index contributed by atoms with van der Waals surface area (Å²) in [6.07, 6.45) is 3.42. The number of likely N-dealkylation sites (tertiary alicyclic amines) is 2. The SMILES string of the molecule is COCCCN1CCC[C@]2(CCN(C(=O)Nc3cc(Cl)ccc3C)C2)C1=O. The Balaban J connectivity index is 1.63. The van der Waals surface area contributed by atoms with Crippen LogP contribution in [0.5, 0.6) is 0 Å².